The van der Waals surface area contributed by atoms with Gasteiger partial charge in [-0.3, -0.25) is 0 Å². The van der Waals surface area contributed by atoms with Gasteiger partial charge in [-0.15, -0.1) is 0 Å². The van der Waals surface area contributed by atoms with Crippen LogP contribution in [-0.2, 0) is 0 Å². The smallest absolute Gasteiger partial charge is 0.000906 e. The van der Waals surface area contributed by atoms with Crippen LogP contribution in [0.25, 0.3) is 0 Å². The summed E-state index contributed by atoms with van der Waals surface area (Å²) in [4.78, 5) is 0. The minimum atomic E-state index is 0.574. The molecule has 0 bridgehead atoms. The molecule has 0 aromatic rings. The third kappa shape index (κ3) is 4.51. The van der Waals surface area contributed by atoms with Gasteiger partial charge < -0.3 is 0 Å². The molecule has 0 radical (unpaired) electrons. The highest BCUT2D eigenvalue weighted by atomic mass is 32.1. The normalized spacial score (nSPS) is 18.0. The van der Waals surface area contributed by atoms with Gasteiger partial charge in [0.25, 0.3) is 0 Å². The molecule has 0 aromatic heterocycles. The Kier molecular flexibility index (Phi) is 4.44. The molecule has 0 fully saturated rings. The third-order valence-corrected chi connectivity index (χ3v) is 1.65. The molecule has 0 aromatic carbocycles. The molecule has 0 N–H and O–H groups in total. The quantitative estimate of drug-likeness (QED) is 0.561. The van der Waals surface area contributed by atoms with Crippen LogP contribution >= 0.6 is 12.6 Å². The summed E-state index contributed by atoms with van der Waals surface area (Å²) in [5.74, 6) is 0.850. The van der Waals surface area contributed by atoms with Gasteiger partial charge in [0, 0.05) is 0 Å². The Morgan fingerprint density at radius 2 is 1.88 bits per heavy atom. The van der Waals surface area contributed by atoms with Crippen LogP contribution in [0.15, 0.2) is 0 Å². The number of thiol groups is 1. The average molecular weight is 132 g/mol. The second-order valence-corrected chi connectivity index (χ2v) is 3.48. The van der Waals surface area contributed by atoms with Gasteiger partial charge in [0.15, 0.2) is 0 Å². The van der Waals surface area contributed by atoms with Crippen molar-refractivity contribution in [2.45, 2.75) is 38.9 Å². The molecule has 2 unspecified atom stereocenters. The molecule has 8 heavy (non-hydrogen) atoms. The summed E-state index contributed by atoms with van der Waals surface area (Å²) in [6.45, 7) is 6.64. The number of hydrogen-bond donors (Lipinski definition) is 1. The fourth-order valence-electron chi connectivity index (χ4n) is 0.749. The standard InChI is InChI=1S/C7H16S/c1-4-6(2)5-7(3)8/h6-8H,4-5H2,1-3H3. The first-order valence-corrected chi connectivity index (χ1v) is 3.86. The monoisotopic (exact) mass is 132 g/mol. The minimum absolute atomic E-state index is 0.574. The van der Waals surface area contributed by atoms with Gasteiger partial charge in [-0.05, 0) is 17.6 Å². The van der Waals surface area contributed by atoms with E-state index < -0.39 is 0 Å². The van der Waals surface area contributed by atoms with Crippen molar-refractivity contribution in [1.82, 2.24) is 0 Å². The third-order valence-electron chi connectivity index (χ3n) is 1.44. The van der Waals surface area contributed by atoms with E-state index in [0.29, 0.717) is 5.25 Å². The molecule has 0 heterocycles. The zero-order valence-electron chi connectivity index (χ0n) is 6.02. The van der Waals surface area contributed by atoms with Gasteiger partial charge in [-0.2, -0.15) is 12.6 Å². The fraction of sp³-hybridized carbons (Fsp3) is 1.00. The Morgan fingerprint density at radius 3 is 2.00 bits per heavy atom. The van der Waals surface area contributed by atoms with Crippen molar-refractivity contribution in [1.29, 1.82) is 0 Å². The highest BCUT2D eigenvalue weighted by Crippen LogP contribution is 2.12. The van der Waals surface area contributed by atoms with Crippen LogP contribution in [0.5, 0.6) is 0 Å². The van der Waals surface area contributed by atoms with Crippen LogP contribution in [0, 0.1) is 5.92 Å². The van der Waals surface area contributed by atoms with Crippen molar-refractivity contribution >= 4 is 12.6 Å². The molecular formula is C7H16S. The molecule has 0 aliphatic carbocycles. The maximum atomic E-state index is 4.29. The summed E-state index contributed by atoms with van der Waals surface area (Å²) in [6.07, 6.45) is 2.53. The van der Waals surface area contributed by atoms with E-state index >= 15 is 0 Å². The first-order chi connectivity index (χ1) is 3.66. The van der Waals surface area contributed by atoms with E-state index in [0.717, 1.165) is 5.92 Å². The first-order valence-electron chi connectivity index (χ1n) is 3.34. The van der Waals surface area contributed by atoms with Crippen LogP contribution in [0.3, 0.4) is 0 Å². The van der Waals surface area contributed by atoms with Crippen LogP contribution in [-0.4, -0.2) is 5.25 Å². The van der Waals surface area contributed by atoms with Crippen molar-refractivity contribution < 1.29 is 0 Å². The van der Waals surface area contributed by atoms with Gasteiger partial charge in [-0.25, -0.2) is 0 Å². The molecule has 0 spiro atoms. The SMILES string of the molecule is CCC(C)CC(C)S. The number of rotatable bonds is 3. The first kappa shape index (κ1) is 8.35. The average Bonchev–Trinajstić information content (AvgIpc) is 1.65. The molecule has 0 saturated heterocycles. The lowest BCUT2D eigenvalue weighted by molar-refractivity contribution is 0.517. The van der Waals surface area contributed by atoms with E-state index in [1.54, 1.807) is 0 Å². The molecular weight excluding hydrogens is 116 g/mol. The molecule has 0 saturated carbocycles. The predicted octanol–water partition coefficient (Wildman–Crippen LogP) is 2.74. The van der Waals surface area contributed by atoms with E-state index in [9.17, 15) is 0 Å². The van der Waals surface area contributed by atoms with Crippen molar-refractivity contribution in [3.63, 3.8) is 0 Å². The highest BCUT2D eigenvalue weighted by molar-refractivity contribution is 7.80. The van der Waals surface area contributed by atoms with E-state index in [2.05, 4.69) is 33.4 Å². The Bertz CT molecular complexity index is 50.3. The van der Waals surface area contributed by atoms with Gasteiger partial charge in [0.05, 0.1) is 0 Å². The Labute approximate surface area is 58.1 Å². The second kappa shape index (κ2) is 4.25. The molecule has 0 nitrogen and oxygen atoms in total. The predicted molar refractivity (Wildman–Crippen MR) is 42.5 cm³/mol. The van der Waals surface area contributed by atoms with Crippen LogP contribution in [0.2, 0.25) is 0 Å². The largest absolute Gasteiger partial charge is 0.176 e. The summed E-state index contributed by atoms with van der Waals surface area (Å²) < 4.78 is 0. The molecule has 2 atom stereocenters. The fourth-order valence-corrected chi connectivity index (χ4v) is 1.11. The summed E-state index contributed by atoms with van der Waals surface area (Å²) in [6, 6.07) is 0. The molecule has 0 rings (SSSR count). The van der Waals surface area contributed by atoms with Gasteiger partial charge in [-0.1, -0.05) is 27.2 Å². The summed E-state index contributed by atoms with van der Waals surface area (Å²) in [5.41, 5.74) is 0. The molecule has 1 heteroatoms. The maximum Gasteiger partial charge on any atom is -0.000906 e. The molecule has 0 amide bonds. The zero-order chi connectivity index (χ0) is 6.57. The maximum absolute atomic E-state index is 4.29. The highest BCUT2D eigenvalue weighted by Gasteiger charge is 2.00. The molecule has 0 aliphatic rings. The van der Waals surface area contributed by atoms with E-state index in [1.807, 2.05) is 0 Å². The van der Waals surface area contributed by atoms with Crippen molar-refractivity contribution in [2.75, 3.05) is 0 Å². The summed E-state index contributed by atoms with van der Waals surface area (Å²) >= 11 is 4.29. The number of hydrogen-bond acceptors (Lipinski definition) is 1. The van der Waals surface area contributed by atoms with Gasteiger partial charge >= 0.3 is 0 Å². The Balaban J connectivity index is 3.10. The van der Waals surface area contributed by atoms with Crippen molar-refractivity contribution in [2.24, 2.45) is 5.92 Å². The molecule has 50 valence electrons. The zero-order valence-corrected chi connectivity index (χ0v) is 6.91. The lowest BCUT2D eigenvalue weighted by atomic mass is 10.0. The topological polar surface area (TPSA) is 0 Å². The van der Waals surface area contributed by atoms with Gasteiger partial charge in [0.2, 0.25) is 0 Å². The van der Waals surface area contributed by atoms with E-state index in [-0.39, 0.29) is 0 Å². The molecule has 0 aliphatic heterocycles. The lowest BCUT2D eigenvalue weighted by Gasteiger charge is -2.09. The summed E-state index contributed by atoms with van der Waals surface area (Å²) in [7, 11) is 0. The van der Waals surface area contributed by atoms with Crippen LogP contribution in [0.1, 0.15) is 33.6 Å². The van der Waals surface area contributed by atoms with Crippen LogP contribution in [0.4, 0.5) is 0 Å². The minimum Gasteiger partial charge on any atom is -0.176 e. The van der Waals surface area contributed by atoms with Crippen molar-refractivity contribution in [3.05, 3.63) is 0 Å². The lowest BCUT2D eigenvalue weighted by Crippen LogP contribution is -1.99. The summed E-state index contributed by atoms with van der Waals surface area (Å²) in [5, 5.41) is 0.574. The second-order valence-electron chi connectivity index (χ2n) is 2.60. The van der Waals surface area contributed by atoms with Gasteiger partial charge in [0.1, 0.15) is 0 Å². The van der Waals surface area contributed by atoms with Crippen LogP contribution < -0.4 is 0 Å². The van der Waals surface area contributed by atoms with Crippen molar-refractivity contribution in [3.8, 4) is 0 Å². The Morgan fingerprint density at radius 1 is 1.38 bits per heavy atom. The van der Waals surface area contributed by atoms with E-state index in [4.69, 9.17) is 0 Å². The Hall–Kier alpha value is 0.350. The van der Waals surface area contributed by atoms with E-state index in [1.165, 1.54) is 12.8 Å².